The molecule has 4 unspecified atom stereocenters. The zero-order valence-corrected chi connectivity index (χ0v) is 20.0. The molecule has 0 amide bonds. The molecule has 1 saturated carbocycles. The fraction of sp³-hybridized carbons (Fsp3) is 0.560. The number of benzene rings is 1. The van der Waals surface area contributed by atoms with E-state index < -0.39 is 15.8 Å². The van der Waals surface area contributed by atoms with E-state index in [4.69, 9.17) is 4.98 Å². The first-order valence-corrected chi connectivity index (χ1v) is 13.2. The molecule has 5 nitrogen and oxygen atoms in total. The molecule has 1 aromatic carbocycles. The van der Waals surface area contributed by atoms with E-state index >= 15 is 0 Å². The average molecular weight is 460 g/mol. The maximum absolute atomic E-state index is 13.1. The summed E-state index contributed by atoms with van der Waals surface area (Å²) < 4.78 is 41.0. The van der Waals surface area contributed by atoms with E-state index in [1.165, 1.54) is 44.2 Å². The van der Waals surface area contributed by atoms with Gasteiger partial charge in [0.2, 0.25) is 0 Å². The van der Waals surface area contributed by atoms with Crippen LogP contribution in [-0.4, -0.2) is 26.5 Å². The van der Waals surface area contributed by atoms with Crippen LogP contribution in [0.15, 0.2) is 41.3 Å². The standard InChI is InChI=1S/C25H34FN3O2S/c1-17-6-4-5-7-23(17)18(2)20-14-15-29(16-20)25-13-12-24(19(3)27-25)28-32(30,31)22-10-8-21(26)9-11-22/h8-13,17-18,20,23,28H,4-7,14-16H2,1-3H3. The fourth-order valence-electron chi connectivity index (χ4n) is 5.55. The highest BCUT2D eigenvalue weighted by molar-refractivity contribution is 7.92. The number of hydrogen-bond acceptors (Lipinski definition) is 4. The molecule has 2 heterocycles. The minimum Gasteiger partial charge on any atom is -0.356 e. The monoisotopic (exact) mass is 459 g/mol. The van der Waals surface area contributed by atoms with Crippen LogP contribution in [0.25, 0.3) is 0 Å². The van der Waals surface area contributed by atoms with Gasteiger partial charge in [-0.3, -0.25) is 4.72 Å². The quantitative estimate of drug-likeness (QED) is 0.609. The van der Waals surface area contributed by atoms with Gasteiger partial charge in [0.25, 0.3) is 10.0 Å². The topological polar surface area (TPSA) is 62.3 Å². The largest absolute Gasteiger partial charge is 0.356 e. The van der Waals surface area contributed by atoms with Gasteiger partial charge >= 0.3 is 0 Å². The molecule has 174 valence electrons. The first-order chi connectivity index (χ1) is 15.2. The summed E-state index contributed by atoms with van der Waals surface area (Å²) in [6.45, 7) is 8.67. The number of sulfonamides is 1. The Morgan fingerprint density at radius 2 is 1.81 bits per heavy atom. The molecule has 1 aromatic heterocycles. The molecule has 0 radical (unpaired) electrons. The van der Waals surface area contributed by atoms with Gasteiger partial charge in [-0.25, -0.2) is 17.8 Å². The van der Waals surface area contributed by atoms with Crippen molar-refractivity contribution in [1.82, 2.24) is 4.98 Å². The Balaban J connectivity index is 1.43. The van der Waals surface area contributed by atoms with Gasteiger partial charge in [-0.2, -0.15) is 0 Å². The Morgan fingerprint density at radius 1 is 1.09 bits per heavy atom. The lowest BCUT2D eigenvalue weighted by atomic mass is 9.69. The second kappa shape index (κ2) is 9.38. The molecule has 0 bridgehead atoms. The number of aromatic nitrogens is 1. The number of pyridine rings is 1. The third kappa shape index (κ3) is 4.92. The van der Waals surface area contributed by atoms with Crippen LogP contribution in [0.2, 0.25) is 0 Å². The van der Waals surface area contributed by atoms with Gasteiger partial charge in [0.05, 0.1) is 16.3 Å². The van der Waals surface area contributed by atoms with Gasteiger partial charge in [0.1, 0.15) is 11.6 Å². The van der Waals surface area contributed by atoms with E-state index in [1.54, 1.807) is 6.07 Å². The predicted molar refractivity (Wildman–Crippen MR) is 127 cm³/mol. The SMILES string of the molecule is Cc1nc(N2CCC(C(C)C3CCCCC3C)C2)ccc1NS(=O)(=O)c1ccc(F)cc1. The van der Waals surface area contributed by atoms with Crippen LogP contribution in [0.4, 0.5) is 15.9 Å². The van der Waals surface area contributed by atoms with Crippen LogP contribution < -0.4 is 9.62 Å². The second-order valence-corrected chi connectivity index (χ2v) is 11.3. The summed E-state index contributed by atoms with van der Waals surface area (Å²) in [6.07, 6.45) is 6.65. The Hall–Kier alpha value is -2.15. The van der Waals surface area contributed by atoms with Crippen molar-refractivity contribution in [3.63, 3.8) is 0 Å². The van der Waals surface area contributed by atoms with E-state index in [1.807, 2.05) is 13.0 Å². The minimum atomic E-state index is -3.79. The van der Waals surface area contributed by atoms with Gasteiger partial charge in [0, 0.05) is 13.1 Å². The molecular weight excluding hydrogens is 425 g/mol. The van der Waals surface area contributed by atoms with Gasteiger partial charge < -0.3 is 4.90 Å². The van der Waals surface area contributed by atoms with Crippen molar-refractivity contribution in [3.8, 4) is 0 Å². The van der Waals surface area contributed by atoms with Gasteiger partial charge in [-0.05, 0) is 79.8 Å². The molecular formula is C25H34FN3O2S. The summed E-state index contributed by atoms with van der Waals surface area (Å²) in [6, 6.07) is 8.47. The first kappa shape index (κ1) is 23.0. The van der Waals surface area contributed by atoms with Crippen LogP contribution in [-0.2, 0) is 10.0 Å². The summed E-state index contributed by atoms with van der Waals surface area (Å²) in [7, 11) is -3.79. The van der Waals surface area contributed by atoms with Crippen molar-refractivity contribution >= 4 is 21.5 Å². The van der Waals surface area contributed by atoms with E-state index in [2.05, 4.69) is 23.5 Å². The Kier molecular flexibility index (Phi) is 6.75. The lowest BCUT2D eigenvalue weighted by Gasteiger charge is -2.36. The molecule has 2 fully saturated rings. The highest BCUT2D eigenvalue weighted by atomic mass is 32.2. The highest BCUT2D eigenvalue weighted by Crippen LogP contribution is 2.41. The average Bonchev–Trinajstić information content (AvgIpc) is 3.25. The fourth-order valence-corrected chi connectivity index (χ4v) is 6.67. The normalized spacial score (nSPS) is 25.0. The summed E-state index contributed by atoms with van der Waals surface area (Å²) in [5, 5.41) is 0. The lowest BCUT2D eigenvalue weighted by Crippen LogP contribution is -2.30. The highest BCUT2D eigenvalue weighted by Gasteiger charge is 2.35. The van der Waals surface area contributed by atoms with E-state index in [9.17, 15) is 12.8 Å². The third-order valence-corrected chi connectivity index (χ3v) is 8.97. The summed E-state index contributed by atoms with van der Waals surface area (Å²) in [4.78, 5) is 7.06. The van der Waals surface area contributed by atoms with Crippen LogP contribution in [0.1, 0.15) is 51.6 Å². The van der Waals surface area contributed by atoms with Crippen LogP contribution >= 0.6 is 0 Å². The summed E-state index contributed by atoms with van der Waals surface area (Å²) >= 11 is 0. The van der Waals surface area contributed by atoms with Crippen LogP contribution in [0.5, 0.6) is 0 Å². The second-order valence-electron chi connectivity index (χ2n) is 9.64. The summed E-state index contributed by atoms with van der Waals surface area (Å²) in [5.41, 5.74) is 1.07. The Labute approximate surface area is 191 Å². The molecule has 2 aromatic rings. The van der Waals surface area contributed by atoms with Crippen molar-refractivity contribution in [3.05, 3.63) is 47.9 Å². The van der Waals surface area contributed by atoms with E-state index in [0.29, 0.717) is 17.3 Å². The number of aryl methyl sites for hydroxylation is 1. The molecule has 7 heteroatoms. The summed E-state index contributed by atoms with van der Waals surface area (Å²) in [5.74, 6) is 3.48. The zero-order chi connectivity index (χ0) is 22.9. The minimum absolute atomic E-state index is 0.0238. The molecule has 32 heavy (non-hydrogen) atoms. The molecule has 4 rings (SSSR count). The van der Waals surface area contributed by atoms with Crippen molar-refractivity contribution in [2.45, 2.75) is 57.8 Å². The maximum atomic E-state index is 13.1. The lowest BCUT2D eigenvalue weighted by molar-refractivity contribution is 0.144. The number of anilines is 2. The molecule has 1 aliphatic carbocycles. The van der Waals surface area contributed by atoms with Crippen molar-refractivity contribution < 1.29 is 12.8 Å². The van der Waals surface area contributed by atoms with Crippen molar-refractivity contribution in [2.75, 3.05) is 22.7 Å². The predicted octanol–water partition coefficient (Wildman–Crippen LogP) is 5.62. The number of halogens is 1. The molecule has 4 atom stereocenters. The van der Waals surface area contributed by atoms with Crippen LogP contribution in [0.3, 0.4) is 0 Å². The molecule has 1 N–H and O–H groups in total. The van der Waals surface area contributed by atoms with Gasteiger partial charge in [-0.15, -0.1) is 0 Å². The van der Waals surface area contributed by atoms with Gasteiger partial charge in [0.15, 0.2) is 0 Å². The number of rotatable bonds is 6. The van der Waals surface area contributed by atoms with E-state index in [-0.39, 0.29) is 4.90 Å². The zero-order valence-electron chi connectivity index (χ0n) is 19.2. The van der Waals surface area contributed by atoms with Crippen molar-refractivity contribution in [2.24, 2.45) is 23.7 Å². The molecule has 0 spiro atoms. The third-order valence-electron chi connectivity index (χ3n) is 7.58. The first-order valence-electron chi connectivity index (χ1n) is 11.8. The van der Waals surface area contributed by atoms with Crippen LogP contribution in [0, 0.1) is 36.4 Å². The molecule has 1 saturated heterocycles. The van der Waals surface area contributed by atoms with Crippen molar-refractivity contribution in [1.29, 1.82) is 0 Å². The molecule has 2 aliphatic rings. The molecule has 1 aliphatic heterocycles. The number of nitrogens with zero attached hydrogens (tertiary/aromatic N) is 2. The Morgan fingerprint density at radius 3 is 2.50 bits per heavy atom. The number of nitrogens with one attached hydrogen (secondary N) is 1. The Bertz CT molecular complexity index is 1040. The number of hydrogen-bond donors (Lipinski definition) is 1. The smallest absolute Gasteiger partial charge is 0.261 e. The van der Waals surface area contributed by atoms with E-state index in [0.717, 1.165) is 48.8 Å². The van der Waals surface area contributed by atoms with Gasteiger partial charge in [-0.1, -0.05) is 33.1 Å². The maximum Gasteiger partial charge on any atom is 0.261 e.